The summed E-state index contributed by atoms with van der Waals surface area (Å²) in [5.41, 5.74) is 2.24. The Morgan fingerprint density at radius 1 is 1.22 bits per heavy atom. The molecule has 0 aromatic carbocycles. The summed E-state index contributed by atoms with van der Waals surface area (Å²) in [6.07, 6.45) is 6.32. The van der Waals surface area contributed by atoms with Gasteiger partial charge in [-0.15, -0.1) is 10.2 Å². The average Bonchev–Trinajstić information content (AvgIpc) is 2.38. The third kappa shape index (κ3) is 2.61. The Bertz CT molecular complexity index is 418. The Hall–Kier alpha value is -0.830. The summed E-state index contributed by atoms with van der Waals surface area (Å²) in [4.78, 5) is 2.44. The van der Waals surface area contributed by atoms with Gasteiger partial charge in [-0.25, -0.2) is 0 Å². The summed E-state index contributed by atoms with van der Waals surface area (Å²) >= 11 is 6.03. The van der Waals surface area contributed by atoms with Crippen molar-refractivity contribution in [3.63, 3.8) is 0 Å². The van der Waals surface area contributed by atoms with E-state index < -0.39 is 0 Å². The second-order valence-corrected chi connectivity index (χ2v) is 5.55. The number of hydrogen-bond acceptors (Lipinski definition) is 3. The highest BCUT2D eigenvalue weighted by Gasteiger charge is 2.25. The molecule has 1 saturated heterocycles. The molecule has 0 radical (unpaired) electrons. The number of aromatic nitrogens is 2. The van der Waals surface area contributed by atoms with Crippen LogP contribution in [0.25, 0.3) is 0 Å². The molecule has 0 N–H and O–H groups in total. The van der Waals surface area contributed by atoms with Gasteiger partial charge in [0.15, 0.2) is 11.0 Å². The Kier molecular flexibility index (Phi) is 4.44. The molecule has 1 aliphatic heterocycles. The number of halogens is 1. The highest BCUT2D eigenvalue weighted by atomic mass is 35.5. The van der Waals surface area contributed by atoms with E-state index in [0.29, 0.717) is 11.2 Å². The van der Waals surface area contributed by atoms with Gasteiger partial charge in [-0.3, -0.25) is 0 Å². The van der Waals surface area contributed by atoms with Crippen molar-refractivity contribution in [1.82, 2.24) is 10.2 Å². The lowest BCUT2D eigenvalue weighted by Gasteiger charge is -2.37. The minimum absolute atomic E-state index is 0.528. The SMILES string of the molecule is CCCC1CCCCN1c1nnc(Cl)c(C)c1C. The molecule has 0 spiro atoms. The second-order valence-electron chi connectivity index (χ2n) is 5.20. The Morgan fingerprint density at radius 3 is 2.72 bits per heavy atom. The zero-order valence-electron chi connectivity index (χ0n) is 11.5. The fourth-order valence-corrected chi connectivity index (χ4v) is 2.93. The zero-order valence-corrected chi connectivity index (χ0v) is 12.3. The summed E-state index contributed by atoms with van der Waals surface area (Å²) in [7, 11) is 0. The van der Waals surface area contributed by atoms with Gasteiger partial charge in [0.2, 0.25) is 0 Å². The third-order valence-electron chi connectivity index (χ3n) is 3.96. The first-order valence-electron chi connectivity index (χ1n) is 6.91. The van der Waals surface area contributed by atoms with E-state index in [4.69, 9.17) is 11.6 Å². The topological polar surface area (TPSA) is 29.0 Å². The van der Waals surface area contributed by atoms with Gasteiger partial charge < -0.3 is 4.90 Å². The molecule has 2 rings (SSSR count). The Labute approximate surface area is 115 Å². The minimum atomic E-state index is 0.528. The van der Waals surface area contributed by atoms with Gasteiger partial charge in [0.1, 0.15) is 0 Å². The minimum Gasteiger partial charge on any atom is -0.352 e. The third-order valence-corrected chi connectivity index (χ3v) is 4.32. The van der Waals surface area contributed by atoms with Crippen LogP contribution >= 0.6 is 11.6 Å². The normalized spacial score (nSPS) is 20.2. The van der Waals surface area contributed by atoms with E-state index in [0.717, 1.165) is 17.9 Å². The van der Waals surface area contributed by atoms with Gasteiger partial charge in [0.25, 0.3) is 0 Å². The van der Waals surface area contributed by atoms with E-state index in [1.165, 1.54) is 37.7 Å². The van der Waals surface area contributed by atoms with Gasteiger partial charge in [-0.1, -0.05) is 24.9 Å². The average molecular weight is 268 g/mol. The molecule has 0 amide bonds. The molecule has 1 aromatic heterocycles. The van der Waals surface area contributed by atoms with Crippen LogP contribution in [0.15, 0.2) is 0 Å². The largest absolute Gasteiger partial charge is 0.352 e. The van der Waals surface area contributed by atoms with Crippen molar-refractivity contribution in [1.29, 1.82) is 0 Å². The van der Waals surface area contributed by atoms with Crippen LogP contribution in [-0.4, -0.2) is 22.8 Å². The first kappa shape index (κ1) is 13.6. The van der Waals surface area contributed by atoms with E-state index in [2.05, 4.69) is 28.9 Å². The summed E-state index contributed by atoms with van der Waals surface area (Å²) in [6.45, 7) is 7.47. The maximum Gasteiger partial charge on any atom is 0.155 e. The van der Waals surface area contributed by atoms with Crippen molar-refractivity contribution >= 4 is 17.4 Å². The van der Waals surface area contributed by atoms with Crippen LogP contribution in [0.3, 0.4) is 0 Å². The van der Waals surface area contributed by atoms with Crippen LogP contribution in [0, 0.1) is 13.8 Å². The standard InChI is InChI=1S/C14H22ClN3/c1-4-7-12-8-5-6-9-18(12)14-11(3)10(2)13(15)16-17-14/h12H,4-9H2,1-3H3. The summed E-state index contributed by atoms with van der Waals surface area (Å²) in [6, 6.07) is 0.623. The molecular weight excluding hydrogens is 246 g/mol. The molecule has 4 heteroatoms. The van der Waals surface area contributed by atoms with Crippen LogP contribution in [0.1, 0.15) is 50.2 Å². The Morgan fingerprint density at radius 2 is 2.00 bits per heavy atom. The van der Waals surface area contributed by atoms with Crippen molar-refractivity contribution in [2.75, 3.05) is 11.4 Å². The van der Waals surface area contributed by atoms with E-state index >= 15 is 0 Å². The zero-order chi connectivity index (χ0) is 13.1. The van der Waals surface area contributed by atoms with Gasteiger partial charge in [-0.05, 0) is 50.7 Å². The molecule has 1 unspecified atom stereocenters. The fraction of sp³-hybridized carbons (Fsp3) is 0.714. The summed E-state index contributed by atoms with van der Waals surface area (Å²) in [5, 5.41) is 8.95. The van der Waals surface area contributed by atoms with Crippen LogP contribution in [0.4, 0.5) is 5.82 Å². The quantitative estimate of drug-likeness (QED) is 0.832. The number of nitrogens with zero attached hydrogens (tertiary/aromatic N) is 3. The van der Waals surface area contributed by atoms with E-state index in [9.17, 15) is 0 Å². The molecule has 1 fully saturated rings. The maximum absolute atomic E-state index is 6.03. The summed E-state index contributed by atoms with van der Waals surface area (Å²) in [5.74, 6) is 1.04. The van der Waals surface area contributed by atoms with Gasteiger partial charge in [0, 0.05) is 12.6 Å². The second kappa shape index (κ2) is 5.87. The number of anilines is 1. The molecular formula is C14H22ClN3. The lowest BCUT2D eigenvalue weighted by atomic mass is 9.97. The molecule has 0 aliphatic carbocycles. The van der Waals surface area contributed by atoms with Crippen LogP contribution < -0.4 is 4.90 Å². The molecule has 18 heavy (non-hydrogen) atoms. The molecule has 2 heterocycles. The predicted octanol–water partition coefficient (Wildman–Crippen LogP) is 3.91. The van der Waals surface area contributed by atoms with Crippen molar-refractivity contribution in [3.05, 3.63) is 16.3 Å². The van der Waals surface area contributed by atoms with E-state index in [1.807, 2.05) is 6.92 Å². The van der Waals surface area contributed by atoms with Crippen molar-refractivity contribution in [2.45, 2.75) is 58.9 Å². The van der Waals surface area contributed by atoms with E-state index in [1.54, 1.807) is 0 Å². The van der Waals surface area contributed by atoms with Crippen molar-refractivity contribution in [3.8, 4) is 0 Å². The maximum atomic E-state index is 6.03. The first-order chi connectivity index (χ1) is 8.65. The summed E-state index contributed by atoms with van der Waals surface area (Å²) < 4.78 is 0. The number of rotatable bonds is 3. The molecule has 1 aromatic rings. The Balaban J connectivity index is 2.31. The monoisotopic (exact) mass is 267 g/mol. The van der Waals surface area contributed by atoms with Crippen LogP contribution in [0.2, 0.25) is 5.15 Å². The molecule has 0 saturated carbocycles. The van der Waals surface area contributed by atoms with Crippen LogP contribution in [0.5, 0.6) is 0 Å². The molecule has 3 nitrogen and oxygen atoms in total. The molecule has 100 valence electrons. The van der Waals surface area contributed by atoms with Gasteiger partial charge in [-0.2, -0.15) is 0 Å². The van der Waals surface area contributed by atoms with Crippen molar-refractivity contribution in [2.24, 2.45) is 0 Å². The van der Waals surface area contributed by atoms with Crippen molar-refractivity contribution < 1.29 is 0 Å². The lowest BCUT2D eigenvalue weighted by molar-refractivity contribution is 0.430. The molecule has 1 atom stereocenters. The fourth-order valence-electron chi connectivity index (χ4n) is 2.75. The van der Waals surface area contributed by atoms with E-state index in [-0.39, 0.29) is 0 Å². The molecule has 0 bridgehead atoms. The lowest BCUT2D eigenvalue weighted by Crippen LogP contribution is -2.40. The van der Waals surface area contributed by atoms with Gasteiger partial charge in [0.05, 0.1) is 0 Å². The molecule has 1 aliphatic rings. The number of hydrogen-bond donors (Lipinski definition) is 0. The van der Waals surface area contributed by atoms with Gasteiger partial charge >= 0.3 is 0 Å². The first-order valence-corrected chi connectivity index (χ1v) is 7.29. The highest BCUT2D eigenvalue weighted by molar-refractivity contribution is 6.30. The predicted molar refractivity (Wildman–Crippen MR) is 76.4 cm³/mol. The highest BCUT2D eigenvalue weighted by Crippen LogP contribution is 2.30. The smallest absolute Gasteiger partial charge is 0.155 e. The van der Waals surface area contributed by atoms with Crippen LogP contribution in [-0.2, 0) is 0 Å². The number of piperidine rings is 1.